The van der Waals surface area contributed by atoms with Gasteiger partial charge in [0, 0.05) is 31.1 Å². The van der Waals surface area contributed by atoms with Gasteiger partial charge in [-0.15, -0.1) is 0 Å². The lowest BCUT2D eigenvalue weighted by molar-refractivity contribution is -0.121. The number of aromatic amines is 1. The van der Waals surface area contributed by atoms with Crippen LogP contribution < -0.4 is 15.8 Å². The quantitative estimate of drug-likeness (QED) is 0.889. The molecule has 0 spiro atoms. The molecule has 24 heavy (non-hydrogen) atoms. The Hall–Kier alpha value is -2.63. The molecule has 1 aliphatic carbocycles. The van der Waals surface area contributed by atoms with E-state index in [0.717, 1.165) is 29.9 Å². The summed E-state index contributed by atoms with van der Waals surface area (Å²) in [4.78, 5) is 33.7. The van der Waals surface area contributed by atoms with Gasteiger partial charge in [0.25, 0.3) is 5.56 Å². The first-order chi connectivity index (χ1) is 11.7. The molecule has 4 rings (SSSR count). The second kappa shape index (κ2) is 5.78. The molecule has 1 amide bonds. The van der Waals surface area contributed by atoms with Crippen LogP contribution in [-0.4, -0.2) is 29.0 Å². The SMILES string of the molecule is CNC(=O)C1Cc2ccccc2N1Cc1cc(=O)[nH]c(C2CC2)n1. The topological polar surface area (TPSA) is 78.1 Å². The van der Waals surface area contributed by atoms with Gasteiger partial charge >= 0.3 is 0 Å². The number of hydrogen-bond donors (Lipinski definition) is 2. The molecule has 0 saturated heterocycles. The lowest BCUT2D eigenvalue weighted by Crippen LogP contribution is -2.44. The molecule has 1 unspecified atom stereocenters. The minimum atomic E-state index is -0.266. The lowest BCUT2D eigenvalue weighted by Gasteiger charge is -2.26. The van der Waals surface area contributed by atoms with Crippen molar-refractivity contribution in [3.63, 3.8) is 0 Å². The molecule has 6 nitrogen and oxygen atoms in total. The summed E-state index contributed by atoms with van der Waals surface area (Å²) >= 11 is 0. The molecule has 0 radical (unpaired) electrons. The molecule has 2 N–H and O–H groups in total. The minimum absolute atomic E-state index is 0.0153. The maximum absolute atomic E-state index is 12.3. The number of rotatable bonds is 4. The summed E-state index contributed by atoms with van der Waals surface area (Å²) in [6.45, 7) is 0.457. The highest BCUT2D eigenvalue weighted by molar-refractivity contribution is 5.88. The first-order valence-electron chi connectivity index (χ1n) is 8.32. The van der Waals surface area contributed by atoms with E-state index in [0.29, 0.717) is 24.6 Å². The van der Waals surface area contributed by atoms with Crippen molar-refractivity contribution in [3.05, 3.63) is 57.8 Å². The number of aromatic nitrogens is 2. The van der Waals surface area contributed by atoms with Crippen molar-refractivity contribution >= 4 is 11.6 Å². The average Bonchev–Trinajstić information content (AvgIpc) is 3.37. The van der Waals surface area contributed by atoms with Gasteiger partial charge in [-0.1, -0.05) is 18.2 Å². The Kier molecular flexibility index (Phi) is 3.59. The normalized spacial score (nSPS) is 19.2. The zero-order valence-electron chi connectivity index (χ0n) is 13.6. The molecular formula is C18H20N4O2. The number of hydrogen-bond acceptors (Lipinski definition) is 4. The van der Waals surface area contributed by atoms with E-state index in [1.165, 1.54) is 6.07 Å². The van der Waals surface area contributed by atoms with Crippen LogP contribution in [0, 0.1) is 0 Å². The van der Waals surface area contributed by atoms with Gasteiger partial charge in [-0.2, -0.15) is 0 Å². The number of amides is 1. The highest BCUT2D eigenvalue weighted by Crippen LogP contribution is 2.38. The maximum Gasteiger partial charge on any atom is 0.251 e. The van der Waals surface area contributed by atoms with Crippen molar-refractivity contribution in [3.8, 4) is 0 Å². The second-order valence-corrected chi connectivity index (χ2v) is 6.49. The van der Waals surface area contributed by atoms with Crippen molar-refractivity contribution < 1.29 is 4.79 Å². The van der Waals surface area contributed by atoms with Gasteiger partial charge in [0.05, 0.1) is 12.2 Å². The Labute approximate surface area is 139 Å². The summed E-state index contributed by atoms with van der Waals surface area (Å²) < 4.78 is 0. The van der Waals surface area contributed by atoms with E-state index >= 15 is 0 Å². The van der Waals surface area contributed by atoms with Gasteiger partial charge in [-0.25, -0.2) is 4.98 Å². The molecule has 0 bridgehead atoms. The standard InChI is InChI=1S/C18H20N4O2/c1-19-18(24)15-8-12-4-2-3-5-14(12)22(15)10-13-9-16(23)21-17(20-13)11-6-7-11/h2-5,9,11,15H,6-8,10H2,1H3,(H,19,24)(H,20,21,23). The number of nitrogens with one attached hydrogen (secondary N) is 2. The summed E-state index contributed by atoms with van der Waals surface area (Å²) in [6, 6.07) is 9.30. The fraction of sp³-hybridized carbons (Fsp3) is 0.389. The van der Waals surface area contributed by atoms with E-state index in [2.05, 4.69) is 15.3 Å². The van der Waals surface area contributed by atoms with Gasteiger partial charge in [0.15, 0.2) is 0 Å². The van der Waals surface area contributed by atoms with Crippen LogP contribution in [0.4, 0.5) is 5.69 Å². The molecule has 1 fully saturated rings. The third-order valence-corrected chi connectivity index (χ3v) is 4.75. The molecule has 2 heterocycles. The van der Waals surface area contributed by atoms with Crippen molar-refractivity contribution in [1.82, 2.24) is 15.3 Å². The van der Waals surface area contributed by atoms with Crippen LogP contribution >= 0.6 is 0 Å². The zero-order valence-corrected chi connectivity index (χ0v) is 13.6. The Balaban J connectivity index is 1.68. The average molecular weight is 324 g/mol. The van der Waals surface area contributed by atoms with Crippen LogP contribution in [-0.2, 0) is 17.8 Å². The highest BCUT2D eigenvalue weighted by atomic mass is 16.2. The maximum atomic E-state index is 12.3. The van der Waals surface area contributed by atoms with E-state index in [1.54, 1.807) is 7.05 Å². The molecular weight excluding hydrogens is 304 g/mol. The number of likely N-dealkylation sites (N-methyl/N-ethyl adjacent to an activating group) is 1. The monoisotopic (exact) mass is 324 g/mol. The van der Waals surface area contributed by atoms with Gasteiger partial charge < -0.3 is 15.2 Å². The third kappa shape index (κ3) is 2.68. The smallest absolute Gasteiger partial charge is 0.251 e. The predicted molar refractivity (Wildman–Crippen MR) is 91.0 cm³/mol. The number of carbonyl (C=O) groups excluding carboxylic acids is 1. The van der Waals surface area contributed by atoms with Crippen LogP contribution in [0.1, 0.15) is 35.8 Å². The Morgan fingerprint density at radius 2 is 2.17 bits per heavy atom. The summed E-state index contributed by atoms with van der Waals surface area (Å²) in [7, 11) is 1.65. The van der Waals surface area contributed by atoms with Gasteiger partial charge in [-0.05, 0) is 24.5 Å². The fourth-order valence-electron chi connectivity index (χ4n) is 3.38. The van der Waals surface area contributed by atoms with Crippen LogP contribution in [0.5, 0.6) is 0 Å². The van der Waals surface area contributed by atoms with Crippen molar-refractivity contribution in [2.45, 2.75) is 37.8 Å². The van der Waals surface area contributed by atoms with Crippen molar-refractivity contribution in [2.75, 3.05) is 11.9 Å². The molecule has 1 aromatic heterocycles. The lowest BCUT2D eigenvalue weighted by atomic mass is 10.1. The predicted octanol–water partition coefficient (Wildman–Crippen LogP) is 1.32. The Morgan fingerprint density at radius 3 is 2.92 bits per heavy atom. The van der Waals surface area contributed by atoms with E-state index in [4.69, 9.17) is 0 Å². The first-order valence-corrected chi connectivity index (χ1v) is 8.32. The molecule has 1 atom stereocenters. The van der Waals surface area contributed by atoms with Crippen LogP contribution in [0.3, 0.4) is 0 Å². The van der Waals surface area contributed by atoms with Crippen LogP contribution in [0.2, 0.25) is 0 Å². The number of fused-ring (bicyclic) bond motifs is 1. The molecule has 6 heteroatoms. The zero-order chi connectivity index (χ0) is 16.7. The molecule has 1 saturated carbocycles. The molecule has 2 aromatic rings. The third-order valence-electron chi connectivity index (χ3n) is 4.75. The fourth-order valence-corrected chi connectivity index (χ4v) is 3.38. The van der Waals surface area contributed by atoms with Crippen molar-refractivity contribution in [2.24, 2.45) is 0 Å². The number of benzene rings is 1. The largest absolute Gasteiger partial charge is 0.357 e. The molecule has 2 aliphatic rings. The van der Waals surface area contributed by atoms with E-state index in [9.17, 15) is 9.59 Å². The summed E-state index contributed by atoms with van der Waals surface area (Å²) in [5.74, 6) is 1.15. The Morgan fingerprint density at radius 1 is 1.38 bits per heavy atom. The second-order valence-electron chi connectivity index (χ2n) is 6.49. The number of H-pyrrole nitrogens is 1. The van der Waals surface area contributed by atoms with E-state index < -0.39 is 0 Å². The first kappa shape index (κ1) is 14.9. The highest BCUT2D eigenvalue weighted by Gasteiger charge is 2.34. The number of para-hydroxylation sites is 1. The van der Waals surface area contributed by atoms with E-state index in [1.807, 2.05) is 29.2 Å². The number of carbonyl (C=O) groups is 1. The van der Waals surface area contributed by atoms with Gasteiger partial charge in [-0.3, -0.25) is 9.59 Å². The number of anilines is 1. The summed E-state index contributed by atoms with van der Waals surface area (Å²) in [6.07, 6.45) is 2.84. The van der Waals surface area contributed by atoms with Crippen LogP contribution in [0.25, 0.3) is 0 Å². The van der Waals surface area contributed by atoms with Gasteiger partial charge in [0.1, 0.15) is 11.9 Å². The van der Waals surface area contributed by atoms with Crippen molar-refractivity contribution in [1.29, 1.82) is 0 Å². The van der Waals surface area contributed by atoms with Gasteiger partial charge in [0.2, 0.25) is 5.91 Å². The van der Waals surface area contributed by atoms with E-state index in [-0.39, 0.29) is 17.5 Å². The summed E-state index contributed by atoms with van der Waals surface area (Å²) in [5, 5.41) is 2.74. The minimum Gasteiger partial charge on any atom is -0.357 e. The molecule has 1 aromatic carbocycles. The van der Waals surface area contributed by atoms with Crippen LogP contribution in [0.15, 0.2) is 35.1 Å². The molecule has 1 aliphatic heterocycles. The summed E-state index contributed by atoms with van der Waals surface area (Å²) in [5.41, 5.74) is 2.79. The Bertz CT molecular complexity index is 841. The molecule has 124 valence electrons. The number of nitrogens with zero attached hydrogens (tertiary/aromatic N) is 2.